The summed E-state index contributed by atoms with van der Waals surface area (Å²) in [5.41, 5.74) is 1.18. The average Bonchev–Trinajstić information content (AvgIpc) is 2.63. The highest BCUT2D eigenvalue weighted by Gasteiger charge is 2.18. The number of ether oxygens (including phenoxy) is 2. The molecule has 0 aliphatic heterocycles. The predicted octanol–water partition coefficient (Wildman–Crippen LogP) is 4.43. The maximum Gasteiger partial charge on any atom is 0.237 e. The molecule has 0 aliphatic carbocycles. The lowest BCUT2D eigenvalue weighted by Gasteiger charge is -2.16. The zero-order chi connectivity index (χ0) is 20.0. The Kier molecular flexibility index (Phi) is 7.38. The van der Waals surface area contributed by atoms with E-state index in [-0.39, 0.29) is 17.1 Å². The molecule has 1 unspecified atom stereocenters. The van der Waals surface area contributed by atoms with Crippen molar-refractivity contribution in [3.63, 3.8) is 0 Å². The van der Waals surface area contributed by atoms with Crippen molar-refractivity contribution >= 4 is 46.6 Å². The summed E-state index contributed by atoms with van der Waals surface area (Å²) in [4.78, 5) is 24.5. The Hall–Kier alpha value is -2.38. The number of amides is 2. The van der Waals surface area contributed by atoms with Crippen LogP contribution in [0.5, 0.6) is 11.5 Å². The first-order valence-corrected chi connectivity index (χ1v) is 9.36. The van der Waals surface area contributed by atoms with E-state index in [0.717, 1.165) is 4.90 Å². The van der Waals surface area contributed by atoms with Gasteiger partial charge < -0.3 is 20.1 Å². The van der Waals surface area contributed by atoms with Crippen molar-refractivity contribution in [2.45, 2.75) is 24.0 Å². The number of rotatable bonds is 7. The molecule has 2 aromatic rings. The van der Waals surface area contributed by atoms with Crippen molar-refractivity contribution in [2.24, 2.45) is 0 Å². The molecule has 0 saturated carbocycles. The minimum absolute atomic E-state index is 0.129. The second kappa shape index (κ2) is 9.53. The summed E-state index contributed by atoms with van der Waals surface area (Å²) in [7, 11) is 3.02. The first-order chi connectivity index (χ1) is 12.8. The number of benzene rings is 2. The molecule has 8 heteroatoms. The minimum atomic E-state index is -0.359. The maximum atomic E-state index is 12.5. The van der Waals surface area contributed by atoms with E-state index in [9.17, 15) is 9.59 Å². The monoisotopic (exact) mass is 408 g/mol. The SMILES string of the molecule is COc1cc(OC)c(NC(=O)C(C)Sc2ccc(NC(C)=O)cc2)cc1Cl. The van der Waals surface area contributed by atoms with Crippen molar-refractivity contribution < 1.29 is 19.1 Å². The van der Waals surface area contributed by atoms with Gasteiger partial charge in [-0.1, -0.05) is 11.6 Å². The number of thioether (sulfide) groups is 1. The van der Waals surface area contributed by atoms with Gasteiger partial charge >= 0.3 is 0 Å². The second-order valence-corrected chi connectivity index (χ2v) is 7.46. The van der Waals surface area contributed by atoms with Crippen molar-refractivity contribution in [1.82, 2.24) is 0 Å². The Morgan fingerprint density at radius 3 is 2.22 bits per heavy atom. The fourth-order valence-corrected chi connectivity index (χ4v) is 3.38. The molecule has 6 nitrogen and oxygen atoms in total. The largest absolute Gasteiger partial charge is 0.495 e. The van der Waals surface area contributed by atoms with Crippen LogP contribution in [0.15, 0.2) is 41.3 Å². The van der Waals surface area contributed by atoms with E-state index < -0.39 is 0 Å². The smallest absolute Gasteiger partial charge is 0.237 e. The van der Waals surface area contributed by atoms with Crippen molar-refractivity contribution in [3.05, 3.63) is 41.4 Å². The van der Waals surface area contributed by atoms with Gasteiger partial charge in [-0.2, -0.15) is 0 Å². The lowest BCUT2D eigenvalue weighted by molar-refractivity contribution is -0.115. The molecule has 2 N–H and O–H groups in total. The number of carbonyl (C=O) groups is 2. The fourth-order valence-electron chi connectivity index (χ4n) is 2.27. The molecule has 27 heavy (non-hydrogen) atoms. The number of methoxy groups -OCH3 is 2. The number of halogens is 1. The number of hydrogen-bond donors (Lipinski definition) is 2. The highest BCUT2D eigenvalue weighted by atomic mass is 35.5. The van der Waals surface area contributed by atoms with Gasteiger partial charge in [0.05, 0.1) is 30.2 Å². The lowest BCUT2D eigenvalue weighted by Crippen LogP contribution is -2.22. The van der Waals surface area contributed by atoms with Gasteiger partial charge in [-0.3, -0.25) is 9.59 Å². The molecular formula is C19H21ClN2O4S. The third-order valence-corrected chi connectivity index (χ3v) is 5.00. The van der Waals surface area contributed by atoms with Crippen LogP contribution in [0.25, 0.3) is 0 Å². The van der Waals surface area contributed by atoms with Gasteiger partial charge in [-0.15, -0.1) is 11.8 Å². The van der Waals surface area contributed by atoms with Gasteiger partial charge in [0.15, 0.2) is 0 Å². The highest BCUT2D eigenvalue weighted by molar-refractivity contribution is 8.00. The zero-order valence-corrected chi connectivity index (χ0v) is 17.0. The van der Waals surface area contributed by atoms with Gasteiger partial charge in [-0.05, 0) is 37.3 Å². The quantitative estimate of drug-likeness (QED) is 0.662. The van der Waals surface area contributed by atoms with Gasteiger partial charge in [0, 0.05) is 23.6 Å². The van der Waals surface area contributed by atoms with Crippen LogP contribution in [-0.4, -0.2) is 31.3 Å². The highest BCUT2D eigenvalue weighted by Crippen LogP contribution is 2.36. The summed E-state index contributed by atoms with van der Waals surface area (Å²) in [6.07, 6.45) is 0. The summed E-state index contributed by atoms with van der Waals surface area (Å²) in [5, 5.41) is 5.55. The Bertz CT molecular complexity index is 827. The molecule has 0 spiro atoms. The van der Waals surface area contributed by atoms with Gasteiger partial charge in [0.2, 0.25) is 11.8 Å². The molecule has 2 amide bonds. The number of hydrogen-bond acceptors (Lipinski definition) is 5. The maximum absolute atomic E-state index is 12.5. The first kappa shape index (κ1) is 20.9. The van der Waals surface area contributed by atoms with E-state index in [4.69, 9.17) is 21.1 Å². The lowest BCUT2D eigenvalue weighted by atomic mass is 10.2. The van der Waals surface area contributed by atoms with Crippen LogP contribution in [0.3, 0.4) is 0 Å². The molecule has 2 rings (SSSR count). The van der Waals surface area contributed by atoms with E-state index in [0.29, 0.717) is 27.9 Å². The molecule has 0 fully saturated rings. The van der Waals surface area contributed by atoms with Crippen LogP contribution >= 0.6 is 23.4 Å². The van der Waals surface area contributed by atoms with Crippen LogP contribution in [0.2, 0.25) is 5.02 Å². The Morgan fingerprint density at radius 1 is 1.04 bits per heavy atom. The van der Waals surface area contributed by atoms with Gasteiger partial charge in [0.25, 0.3) is 0 Å². The van der Waals surface area contributed by atoms with Crippen LogP contribution in [-0.2, 0) is 9.59 Å². The van der Waals surface area contributed by atoms with Crippen molar-refractivity contribution in [1.29, 1.82) is 0 Å². The van der Waals surface area contributed by atoms with Crippen molar-refractivity contribution in [3.8, 4) is 11.5 Å². The molecule has 0 aromatic heterocycles. The van der Waals surface area contributed by atoms with Crippen LogP contribution in [0.4, 0.5) is 11.4 Å². The second-order valence-electron chi connectivity index (χ2n) is 5.64. The molecule has 0 bridgehead atoms. The Balaban J connectivity index is 2.05. The molecule has 0 saturated heterocycles. The zero-order valence-electron chi connectivity index (χ0n) is 15.5. The number of carbonyl (C=O) groups excluding carboxylic acids is 2. The molecule has 0 radical (unpaired) electrons. The fraction of sp³-hybridized carbons (Fsp3) is 0.263. The van der Waals surface area contributed by atoms with Crippen LogP contribution < -0.4 is 20.1 Å². The third kappa shape index (κ3) is 5.80. The van der Waals surface area contributed by atoms with Crippen LogP contribution in [0.1, 0.15) is 13.8 Å². The topological polar surface area (TPSA) is 76.7 Å². The van der Waals surface area contributed by atoms with E-state index in [1.807, 2.05) is 12.1 Å². The molecule has 1 atom stereocenters. The average molecular weight is 409 g/mol. The van der Waals surface area contributed by atoms with E-state index >= 15 is 0 Å². The Morgan fingerprint density at radius 2 is 1.67 bits per heavy atom. The molecule has 144 valence electrons. The molecule has 0 aliphatic rings. The number of anilines is 2. The third-order valence-electron chi connectivity index (χ3n) is 3.59. The van der Waals surface area contributed by atoms with E-state index in [1.165, 1.54) is 32.9 Å². The predicted molar refractivity (Wildman–Crippen MR) is 109 cm³/mol. The summed E-state index contributed by atoms with van der Waals surface area (Å²) >= 11 is 7.54. The summed E-state index contributed by atoms with van der Waals surface area (Å²) < 4.78 is 10.4. The standard InChI is InChI=1S/C19H21ClN2O4S/c1-11(27-14-7-5-13(6-8-14)21-12(2)23)19(24)22-16-9-15(20)17(25-3)10-18(16)26-4/h5-11H,1-4H3,(H,21,23)(H,22,24). The summed E-state index contributed by atoms with van der Waals surface area (Å²) in [6.45, 7) is 3.26. The van der Waals surface area contributed by atoms with Gasteiger partial charge in [0.1, 0.15) is 11.5 Å². The molecular weight excluding hydrogens is 388 g/mol. The Labute approximate surface area is 167 Å². The first-order valence-electron chi connectivity index (χ1n) is 8.10. The van der Waals surface area contributed by atoms with E-state index in [2.05, 4.69) is 10.6 Å². The summed E-state index contributed by atoms with van der Waals surface area (Å²) in [6, 6.07) is 10.5. The van der Waals surface area contributed by atoms with E-state index in [1.54, 1.807) is 31.2 Å². The molecule has 0 heterocycles. The van der Waals surface area contributed by atoms with Gasteiger partial charge in [-0.25, -0.2) is 0 Å². The normalized spacial score (nSPS) is 11.4. The number of nitrogens with one attached hydrogen (secondary N) is 2. The van der Waals surface area contributed by atoms with Crippen molar-refractivity contribution in [2.75, 3.05) is 24.9 Å². The van der Waals surface area contributed by atoms with Crippen LogP contribution in [0, 0.1) is 0 Å². The molecule has 2 aromatic carbocycles. The minimum Gasteiger partial charge on any atom is -0.495 e. The summed E-state index contributed by atoms with van der Waals surface area (Å²) in [5.74, 6) is 0.607.